The summed E-state index contributed by atoms with van der Waals surface area (Å²) in [4.78, 5) is 0. The Balaban J connectivity index is 3.88. The standard InChI is InChI=1S/C14H27N/c1-5-8-9-11-14(15-12-7-3)13(4)10-6-2/h1,13-15H,6-12H2,2-4H3. The molecule has 2 atom stereocenters. The molecular formula is C14H27N. The lowest BCUT2D eigenvalue weighted by atomic mass is 9.92. The number of hydrogen-bond acceptors (Lipinski definition) is 1. The minimum absolute atomic E-state index is 0.665. The van der Waals surface area contributed by atoms with Crippen LogP contribution in [0.25, 0.3) is 0 Å². The summed E-state index contributed by atoms with van der Waals surface area (Å²) in [5, 5.41) is 3.64. The van der Waals surface area contributed by atoms with E-state index in [0.29, 0.717) is 6.04 Å². The van der Waals surface area contributed by atoms with Crippen molar-refractivity contribution < 1.29 is 0 Å². The van der Waals surface area contributed by atoms with Gasteiger partial charge in [-0.15, -0.1) is 12.3 Å². The molecule has 1 N–H and O–H groups in total. The molecule has 0 fully saturated rings. The zero-order valence-electron chi connectivity index (χ0n) is 10.7. The number of unbranched alkanes of at least 4 members (excludes halogenated alkanes) is 1. The van der Waals surface area contributed by atoms with Crippen LogP contribution in [0.5, 0.6) is 0 Å². The molecule has 0 aromatic carbocycles. The Labute approximate surface area is 96.0 Å². The highest BCUT2D eigenvalue weighted by atomic mass is 14.9. The summed E-state index contributed by atoms with van der Waals surface area (Å²) >= 11 is 0. The molecule has 0 amide bonds. The lowest BCUT2D eigenvalue weighted by molar-refractivity contribution is 0.332. The van der Waals surface area contributed by atoms with Crippen molar-refractivity contribution in [3.63, 3.8) is 0 Å². The van der Waals surface area contributed by atoms with Crippen LogP contribution in [0.4, 0.5) is 0 Å². The maximum absolute atomic E-state index is 5.28. The second kappa shape index (κ2) is 10.1. The summed E-state index contributed by atoms with van der Waals surface area (Å²) in [5.41, 5.74) is 0. The number of nitrogens with one attached hydrogen (secondary N) is 1. The van der Waals surface area contributed by atoms with Gasteiger partial charge in [0.25, 0.3) is 0 Å². The smallest absolute Gasteiger partial charge is 0.00930 e. The van der Waals surface area contributed by atoms with Crippen LogP contribution in [0.3, 0.4) is 0 Å². The van der Waals surface area contributed by atoms with Gasteiger partial charge in [-0.25, -0.2) is 0 Å². The van der Waals surface area contributed by atoms with E-state index in [-0.39, 0.29) is 0 Å². The molecule has 0 saturated carbocycles. The van der Waals surface area contributed by atoms with E-state index in [2.05, 4.69) is 32.0 Å². The molecule has 0 heterocycles. The maximum Gasteiger partial charge on any atom is 0.00930 e. The molecule has 0 aromatic heterocycles. The second-order valence-corrected chi connectivity index (χ2v) is 4.42. The van der Waals surface area contributed by atoms with Crippen LogP contribution in [-0.2, 0) is 0 Å². The van der Waals surface area contributed by atoms with E-state index in [0.717, 1.165) is 25.3 Å². The van der Waals surface area contributed by atoms with E-state index in [1.54, 1.807) is 0 Å². The molecule has 1 nitrogen and oxygen atoms in total. The first-order valence-corrected chi connectivity index (χ1v) is 6.43. The summed E-state index contributed by atoms with van der Waals surface area (Å²) in [6.45, 7) is 7.96. The van der Waals surface area contributed by atoms with Crippen LogP contribution in [0.15, 0.2) is 0 Å². The van der Waals surface area contributed by atoms with Crippen molar-refractivity contribution in [3.05, 3.63) is 0 Å². The molecule has 0 aliphatic carbocycles. The van der Waals surface area contributed by atoms with Crippen molar-refractivity contribution in [2.45, 2.75) is 65.3 Å². The molecule has 1 heteroatoms. The Kier molecular flexibility index (Phi) is 9.73. The van der Waals surface area contributed by atoms with Crippen molar-refractivity contribution in [1.29, 1.82) is 0 Å². The van der Waals surface area contributed by atoms with E-state index in [4.69, 9.17) is 6.42 Å². The van der Waals surface area contributed by atoms with Gasteiger partial charge in [0, 0.05) is 12.5 Å². The van der Waals surface area contributed by atoms with Crippen LogP contribution >= 0.6 is 0 Å². The molecule has 15 heavy (non-hydrogen) atoms. The fraction of sp³-hybridized carbons (Fsp3) is 0.857. The molecule has 0 rings (SSSR count). The predicted octanol–water partition coefficient (Wildman–Crippen LogP) is 3.59. The fourth-order valence-corrected chi connectivity index (χ4v) is 2.00. The predicted molar refractivity (Wildman–Crippen MR) is 68.8 cm³/mol. The van der Waals surface area contributed by atoms with Gasteiger partial charge >= 0.3 is 0 Å². The quantitative estimate of drug-likeness (QED) is 0.452. The van der Waals surface area contributed by atoms with Gasteiger partial charge < -0.3 is 5.32 Å². The van der Waals surface area contributed by atoms with Gasteiger partial charge in [-0.05, 0) is 38.1 Å². The largest absolute Gasteiger partial charge is 0.314 e. The van der Waals surface area contributed by atoms with Crippen LogP contribution in [-0.4, -0.2) is 12.6 Å². The van der Waals surface area contributed by atoms with Gasteiger partial charge in [-0.1, -0.05) is 27.2 Å². The highest BCUT2D eigenvalue weighted by Gasteiger charge is 2.14. The van der Waals surface area contributed by atoms with E-state index in [9.17, 15) is 0 Å². The lowest BCUT2D eigenvalue weighted by Crippen LogP contribution is -2.35. The van der Waals surface area contributed by atoms with Crippen molar-refractivity contribution in [3.8, 4) is 12.3 Å². The number of rotatable bonds is 9. The summed E-state index contributed by atoms with van der Waals surface area (Å²) in [5.74, 6) is 3.50. The SMILES string of the molecule is C#CCCCC(NCCC)C(C)CCC. The fourth-order valence-electron chi connectivity index (χ4n) is 2.00. The second-order valence-electron chi connectivity index (χ2n) is 4.42. The summed E-state index contributed by atoms with van der Waals surface area (Å²) in [6.07, 6.45) is 12.4. The first-order valence-electron chi connectivity index (χ1n) is 6.43. The van der Waals surface area contributed by atoms with E-state index >= 15 is 0 Å². The van der Waals surface area contributed by atoms with Gasteiger partial charge in [0.05, 0.1) is 0 Å². The average Bonchev–Trinajstić information content (AvgIpc) is 2.23. The average molecular weight is 209 g/mol. The van der Waals surface area contributed by atoms with Crippen molar-refractivity contribution >= 4 is 0 Å². The Hall–Kier alpha value is -0.480. The minimum atomic E-state index is 0.665. The Morgan fingerprint density at radius 3 is 2.47 bits per heavy atom. The van der Waals surface area contributed by atoms with Crippen molar-refractivity contribution in [2.75, 3.05) is 6.54 Å². The third-order valence-electron chi connectivity index (χ3n) is 2.92. The summed E-state index contributed by atoms with van der Waals surface area (Å²) < 4.78 is 0. The van der Waals surface area contributed by atoms with Gasteiger partial charge in [0.15, 0.2) is 0 Å². The molecular weight excluding hydrogens is 182 g/mol. The minimum Gasteiger partial charge on any atom is -0.314 e. The molecule has 0 aliphatic rings. The third kappa shape index (κ3) is 7.45. The summed E-state index contributed by atoms with van der Waals surface area (Å²) in [6, 6.07) is 0.665. The van der Waals surface area contributed by atoms with E-state index in [1.165, 1.54) is 25.7 Å². The third-order valence-corrected chi connectivity index (χ3v) is 2.92. The van der Waals surface area contributed by atoms with Crippen LogP contribution in [0, 0.1) is 18.3 Å². The molecule has 0 radical (unpaired) electrons. The monoisotopic (exact) mass is 209 g/mol. The van der Waals surface area contributed by atoms with E-state index < -0.39 is 0 Å². The highest BCUT2D eigenvalue weighted by Crippen LogP contribution is 2.15. The Morgan fingerprint density at radius 1 is 1.20 bits per heavy atom. The van der Waals surface area contributed by atoms with Gasteiger partial charge in [0.1, 0.15) is 0 Å². The van der Waals surface area contributed by atoms with Gasteiger partial charge in [-0.3, -0.25) is 0 Å². The molecule has 0 aliphatic heterocycles. The number of hydrogen-bond donors (Lipinski definition) is 1. The molecule has 0 bridgehead atoms. The molecule has 0 spiro atoms. The van der Waals surface area contributed by atoms with Crippen molar-refractivity contribution in [2.24, 2.45) is 5.92 Å². The topological polar surface area (TPSA) is 12.0 Å². The molecule has 0 saturated heterocycles. The molecule has 88 valence electrons. The summed E-state index contributed by atoms with van der Waals surface area (Å²) in [7, 11) is 0. The van der Waals surface area contributed by atoms with Gasteiger partial charge in [0.2, 0.25) is 0 Å². The molecule has 0 aromatic rings. The van der Waals surface area contributed by atoms with Crippen molar-refractivity contribution in [1.82, 2.24) is 5.32 Å². The Morgan fingerprint density at radius 2 is 1.93 bits per heavy atom. The van der Waals surface area contributed by atoms with Gasteiger partial charge in [-0.2, -0.15) is 0 Å². The van der Waals surface area contributed by atoms with Crippen LogP contribution in [0.1, 0.15) is 59.3 Å². The lowest BCUT2D eigenvalue weighted by Gasteiger charge is -2.24. The maximum atomic E-state index is 5.28. The number of terminal acetylenes is 1. The van der Waals surface area contributed by atoms with E-state index in [1.807, 2.05) is 0 Å². The first-order chi connectivity index (χ1) is 7.26. The zero-order chi connectivity index (χ0) is 11.5. The normalized spacial score (nSPS) is 14.5. The van der Waals surface area contributed by atoms with Crippen LogP contribution in [0.2, 0.25) is 0 Å². The molecule has 2 unspecified atom stereocenters. The zero-order valence-corrected chi connectivity index (χ0v) is 10.7. The highest BCUT2D eigenvalue weighted by molar-refractivity contribution is 4.84. The Bertz CT molecular complexity index is 169. The van der Waals surface area contributed by atoms with Crippen LogP contribution < -0.4 is 5.32 Å². The first kappa shape index (κ1) is 14.5.